The van der Waals surface area contributed by atoms with Crippen LogP contribution in [-0.2, 0) is 11.2 Å². The maximum Gasteiger partial charge on any atom is 0.258 e. The molecule has 0 spiro atoms. The van der Waals surface area contributed by atoms with E-state index in [0.29, 0.717) is 5.75 Å². The lowest BCUT2D eigenvalue weighted by atomic mass is 10.1. The first-order valence-corrected chi connectivity index (χ1v) is 6.19. The number of carbonyl (C=O) groups is 1. The fraction of sp³-hybridized carbons (Fsp3) is 0.417. The maximum absolute atomic E-state index is 10.9. The summed E-state index contributed by atoms with van der Waals surface area (Å²) in [7, 11) is 0. The Labute approximate surface area is 109 Å². The normalized spacial score (nSPS) is 14.1. The van der Waals surface area contributed by atoms with Crippen molar-refractivity contribution >= 4 is 21.8 Å². The van der Waals surface area contributed by atoms with E-state index in [-0.39, 0.29) is 6.04 Å². The molecule has 1 aromatic carbocycles. The van der Waals surface area contributed by atoms with Gasteiger partial charge in [0, 0.05) is 10.5 Å². The van der Waals surface area contributed by atoms with Crippen molar-refractivity contribution in [3.05, 3.63) is 28.2 Å². The second-order valence-electron chi connectivity index (χ2n) is 4.10. The van der Waals surface area contributed by atoms with Gasteiger partial charge in [0.25, 0.3) is 5.91 Å². The summed E-state index contributed by atoms with van der Waals surface area (Å²) < 4.78 is 6.40. The van der Waals surface area contributed by atoms with Crippen molar-refractivity contribution in [2.45, 2.75) is 32.4 Å². The third-order valence-corrected chi connectivity index (χ3v) is 3.05. The predicted octanol–water partition coefficient (Wildman–Crippen LogP) is 1.59. The van der Waals surface area contributed by atoms with Gasteiger partial charge in [-0.3, -0.25) is 4.79 Å². The van der Waals surface area contributed by atoms with E-state index in [1.54, 1.807) is 13.0 Å². The highest BCUT2D eigenvalue weighted by molar-refractivity contribution is 9.10. The first-order valence-electron chi connectivity index (χ1n) is 5.40. The summed E-state index contributed by atoms with van der Waals surface area (Å²) in [6.45, 7) is 3.56. The van der Waals surface area contributed by atoms with Gasteiger partial charge in [0.05, 0.1) is 0 Å². The van der Waals surface area contributed by atoms with Crippen LogP contribution in [0.1, 0.15) is 19.4 Å². The van der Waals surface area contributed by atoms with Crippen LogP contribution in [0, 0.1) is 0 Å². The number of hydrogen-bond donors (Lipinski definition) is 2. The van der Waals surface area contributed by atoms with E-state index in [0.717, 1.165) is 16.5 Å². The number of carbonyl (C=O) groups excluding carboxylic acids is 1. The quantitative estimate of drug-likeness (QED) is 0.867. The van der Waals surface area contributed by atoms with Gasteiger partial charge in [0.1, 0.15) is 5.75 Å². The fourth-order valence-electron chi connectivity index (χ4n) is 1.39. The summed E-state index contributed by atoms with van der Waals surface area (Å²) in [5.41, 5.74) is 11.9. The molecule has 1 rings (SSSR count). The number of hydrogen-bond acceptors (Lipinski definition) is 3. The van der Waals surface area contributed by atoms with Gasteiger partial charge >= 0.3 is 0 Å². The van der Waals surface area contributed by atoms with Gasteiger partial charge < -0.3 is 16.2 Å². The molecule has 0 saturated heterocycles. The Kier molecular flexibility index (Phi) is 4.96. The lowest BCUT2D eigenvalue weighted by Crippen LogP contribution is -2.30. The molecule has 0 bridgehead atoms. The van der Waals surface area contributed by atoms with Gasteiger partial charge in [-0.05, 0) is 44.0 Å². The average Bonchev–Trinajstić information content (AvgIpc) is 2.22. The zero-order chi connectivity index (χ0) is 13.0. The van der Waals surface area contributed by atoms with Crippen molar-refractivity contribution in [1.29, 1.82) is 0 Å². The molecule has 0 fully saturated rings. The molecule has 2 atom stereocenters. The third-order valence-electron chi connectivity index (χ3n) is 2.27. The van der Waals surface area contributed by atoms with E-state index >= 15 is 0 Å². The van der Waals surface area contributed by atoms with E-state index in [1.165, 1.54) is 0 Å². The number of ether oxygens (including phenoxy) is 1. The first-order chi connectivity index (χ1) is 7.90. The van der Waals surface area contributed by atoms with Crippen LogP contribution in [0.3, 0.4) is 0 Å². The van der Waals surface area contributed by atoms with Gasteiger partial charge in [0.2, 0.25) is 0 Å². The molecule has 1 aromatic rings. The molecule has 0 aromatic heterocycles. The number of rotatable bonds is 5. The summed E-state index contributed by atoms with van der Waals surface area (Å²) in [5, 5.41) is 0. The Morgan fingerprint density at radius 1 is 1.47 bits per heavy atom. The van der Waals surface area contributed by atoms with Crippen LogP contribution in [0.5, 0.6) is 5.75 Å². The van der Waals surface area contributed by atoms with E-state index in [1.807, 2.05) is 19.1 Å². The second kappa shape index (κ2) is 6.02. The van der Waals surface area contributed by atoms with E-state index in [9.17, 15) is 4.79 Å². The van der Waals surface area contributed by atoms with E-state index in [2.05, 4.69) is 15.9 Å². The molecule has 0 heterocycles. The smallest absolute Gasteiger partial charge is 0.258 e. The summed E-state index contributed by atoms with van der Waals surface area (Å²) in [6.07, 6.45) is 0.0993. The highest BCUT2D eigenvalue weighted by atomic mass is 79.9. The lowest BCUT2D eigenvalue weighted by molar-refractivity contribution is -0.123. The van der Waals surface area contributed by atoms with Crippen LogP contribution in [0.25, 0.3) is 0 Å². The number of benzene rings is 1. The van der Waals surface area contributed by atoms with Crippen molar-refractivity contribution in [1.82, 2.24) is 0 Å². The Morgan fingerprint density at radius 3 is 2.65 bits per heavy atom. The minimum absolute atomic E-state index is 0.0649. The summed E-state index contributed by atoms with van der Waals surface area (Å²) in [6, 6.07) is 5.59. The van der Waals surface area contributed by atoms with Crippen molar-refractivity contribution in [2.75, 3.05) is 0 Å². The van der Waals surface area contributed by atoms with Gasteiger partial charge in [0.15, 0.2) is 6.10 Å². The zero-order valence-corrected chi connectivity index (χ0v) is 11.5. The van der Waals surface area contributed by atoms with Crippen molar-refractivity contribution in [2.24, 2.45) is 11.5 Å². The highest BCUT2D eigenvalue weighted by Crippen LogP contribution is 2.24. The SMILES string of the molecule is CC(N)Cc1cc(OC(C)C(N)=O)ccc1Br. The topological polar surface area (TPSA) is 78.3 Å². The van der Waals surface area contributed by atoms with Crippen LogP contribution in [0.2, 0.25) is 0 Å². The average molecular weight is 301 g/mol. The standard InChI is InChI=1S/C12H17BrN2O2/c1-7(14)5-9-6-10(3-4-11(9)13)17-8(2)12(15)16/h3-4,6-8H,5,14H2,1-2H3,(H2,15,16). The molecule has 0 aliphatic carbocycles. The van der Waals surface area contributed by atoms with Gasteiger partial charge in [-0.25, -0.2) is 0 Å². The zero-order valence-electron chi connectivity index (χ0n) is 9.94. The molecule has 1 amide bonds. The molecule has 0 aliphatic rings. The number of amides is 1. The molecule has 0 radical (unpaired) electrons. The first kappa shape index (κ1) is 14.0. The van der Waals surface area contributed by atoms with Crippen molar-refractivity contribution in [3.63, 3.8) is 0 Å². The molecule has 2 unspecified atom stereocenters. The fourth-order valence-corrected chi connectivity index (χ4v) is 1.80. The molecule has 5 heteroatoms. The highest BCUT2D eigenvalue weighted by Gasteiger charge is 2.11. The summed E-state index contributed by atoms with van der Waals surface area (Å²) >= 11 is 3.45. The van der Waals surface area contributed by atoms with Crippen LogP contribution >= 0.6 is 15.9 Å². The van der Waals surface area contributed by atoms with Crippen LogP contribution in [0.4, 0.5) is 0 Å². The molecule has 0 saturated carbocycles. The van der Waals surface area contributed by atoms with Gasteiger partial charge in [-0.1, -0.05) is 15.9 Å². The largest absolute Gasteiger partial charge is 0.481 e. The number of primary amides is 1. The van der Waals surface area contributed by atoms with E-state index < -0.39 is 12.0 Å². The molecule has 4 nitrogen and oxygen atoms in total. The minimum atomic E-state index is -0.640. The Morgan fingerprint density at radius 2 is 2.12 bits per heavy atom. The summed E-state index contributed by atoms with van der Waals surface area (Å²) in [4.78, 5) is 10.9. The molecule has 0 aliphatic heterocycles. The third kappa shape index (κ3) is 4.36. The maximum atomic E-state index is 10.9. The lowest BCUT2D eigenvalue weighted by Gasteiger charge is -2.14. The van der Waals surface area contributed by atoms with Gasteiger partial charge in [-0.2, -0.15) is 0 Å². The number of halogens is 1. The predicted molar refractivity (Wildman–Crippen MR) is 70.8 cm³/mol. The minimum Gasteiger partial charge on any atom is -0.481 e. The monoisotopic (exact) mass is 300 g/mol. The Balaban J connectivity index is 2.84. The Bertz CT molecular complexity index is 407. The second-order valence-corrected chi connectivity index (χ2v) is 4.95. The molecular weight excluding hydrogens is 284 g/mol. The number of nitrogens with two attached hydrogens (primary N) is 2. The Hall–Kier alpha value is -1.07. The van der Waals surface area contributed by atoms with Crippen LogP contribution in [0.15, 0.2) is 22.7 Å². The van der Waals surface area contributed by atoms with Crippen LogP contribution in [-0.4, -0.2) is 18.1 Å². The van der Waals surface area contributed by atoms with Crippen LogP contribution < -0.4 is 16.2 Å². The van der Waals surface area contributed by atoms with Crippen molar-refractivity contribution in [3.8, 4) is 5.75 Å². The molecule has 17 heavy (non-hydrogen) atoms. The molecule has 4 N–H and O–H groups in total. The summed E-state index contributed by atoms with van der Waals surface area (Å²) in [5.74, 6) is 0.136. The van der Waals surface area contributed by atoms with E-state index in [4.69, 9.17) is 16.2 Å². The van der Waals surface area contributed by atoms with Crippen molar-refractivity contribution < 1.29 is 9.53 Å². The molecule has 94 valence electrons. The molecular formula is C12H17BrN2O2. The van der Waals surface area contributed by atoms with Gasteiger partial charge in [-0.15, -0.1) is 0 Å².